The molecule has 1 aliphatic heterocycles. The first-order chi connectivity index (χ1) is 19.0. The van der Waals surface area contributed by atoms with E-state index in [0.29, 0.717) is 33.9 Å². The summed E-state index contributed by atoms with van der Waals surface area (Å²) < 4.78 is 6.32. The molecule has 3 aliphatic rings. The molecule has 1 saturated heterocycles. The Morgan fingerprint density at radius 1 is 1.07 bits per heavy atom. The van der Waals surface area contributed by atoms with Gasteiger partial charge >= 0.3 is 0 Å². The van der Waals surface area contributed by atoms with Crippen molar-refractivity contribution in [1.82, 2.24) is 20.2 Å². The van der Waals surface area contributed by atoms with Gasteiger partial charge in [0.05, 0.1) is 22.3 Å². The number of amides is 1. The number of hydrogen-bond acceptors (Lipinski definition) is 8. The number of carbonyl (C=O) groups is 1. The summed E-state index contributed by atoms with van der Waals surface area (Å²) >= 11 is 6.20. The van der Waals surface area contributed by atoms with E-state index in [1.165, 1.54) is 0 Å². The van der Waals surface area contributed by atoms with E-state index in [2.05, 4.69) is 58.8 Å². The van der Waals surface area contributed by atoms with E-state index in [-0.39, 0.29) is 35.0 Å². The van der Waals surface area contributed by atoms with Crippen LogP contribution in [0.3, 0.4) is 0 Å². The summed E-state index contributed by atoms with van der Waals surface area (Å²) in [5, 5.41) is 22.5. The van der Waals surface area contributed by atoms with Crippen molar-refractivity contribution in [2.24, 2.45) is 10.8 Å². The molecule has 0 unspecified atom stereocenters. The van der Waals surface area contributed by atoms with Crippen LogP contribution < -0.4 is 15.0 Å². The molecule has 2 heterocycles. The number of rotatable bonds is 6. The van der Waals surface area contributed by atoms with E-state index >= 15 is 0 Å². The highest BCUT2D eigenvalue weighted by atomic mass is 35.5. The first kappa shape index (κ1) is 28.6. The number of aromatic nitrogens is 2. The van der Waals surface area contributed by atoms with Crippen LogP contribution in [0.25, 0.3) is 0 Å². The fraction of sp³-hybridized carbons (Fsp3) is 0.600. The van der Waals surface area contributed by atoms with Crippen molar-refractivity contribution in [2.45, 2.75) is 77.7 Å². The molecule has 1 amide bonds. The second kappa shape index (κ2) is 11.2. The van der Waals surface area contributed by atoms with Crippen LogP contribution in [0, 0.1) is 22.2 Å². The number of nitriles is 1. The maximum Gasteiger partial charge on any atom is 0.254 e. The first-order valence-electron chi connectivity index (χ1n) is 14.2. The Labute approximate surface area is 241 Å². The van der Waals surface area contributed by atoms with Crippen molar-refractivity contribution in [2.75, 3.05) is 31.1 Å². The predicted molar refractivity (Wildman–Crippen MR) is 153 cm³/mol. The Hall–Kier alpha value is -2.93. The number of hydrogen-bond donors (Lipinski definition) is 2. The van der Waals surface area contributed by atoms with Crippen molar-refractivity contribution in [3.63, 3.8) is 0 Å². The third-order valence-corrected chi connectivity index (χ3v) is 9.42. The van der Waals surface area contributed by atoms with Crippen molar-refractivity contribution >= 4 is 23.5 Å². The molecule has 1 aromatic carbocycles. The third kappa shape index (κ3) is 5.50. The molecular formula is C30H39ClN6O3. The van der Waals surface area contributed by atoms with E-state index in [9.17, 15) is 9.90 Å². The zero-order valence-electron chi connectivity index (χ0n) is 23.7. The molecule has 2 aromatic rings. The summed E-state index contributed by atoms with van der Waals surface area (Å²) in [4.78, 5) is 27.0. The Balaban J connectivity index is 1.16. The Morgan fingerprint density at radius 3 is 2.27 bits per heavy atom. The Bertz CT molecular complexity index is 1250. The van der Waals surface area contributed by atoms with Crippen LogP contribution in [0.5, 0.6) is 5.75 Å². The molecule has 0 spiro atoms. The van der Waals surface area contributed by atoms with Gasteiger partial charge in [-0.15, -0.1) is 0 Å². The molecule has 0 bridgehead atoms. The molecule has 0 atom stereocenters. The van der Waals surface area contributed by atoms with Gasteiger partial charge < -0.3 is 20.1 Å². The minimum Gasteiger partial charge on any atom is -0.489 e. The highest BCUT2D eigenvalue weighted by Gasteiger charge is 2.64. The largest absolute Gasteiger partial charge is 0.489 e. The molecule has 214 valence electrons. The average molecular weight is 567 g/mol. The van der Waals surface area contributed by atoms with Gasteiger partial charge in [0.15, 0.2) is 0 Å². The lowest BCUT2D eigenvalue weighted by Gasteiger charge is -2.63. The van der Waals surface area contributed by atoms with Crippen molar-refractivity contribution in [3.8, 4) is 11.8 Å². The topological polar surface area (TPSA) is 115 Å². The van der Waals surface area contributed by atoms with Crippen LogP contribution in [-0.4, -0.2) is 76.4 Å². The summed E-state index contributed by atoms with van der Waals surface area (Å²) in [5.41, 5.74) is 0.132. The van der Waals surface area contributed by atoms with E-state index < -0.39 is 0 Å². The number of aliphatic hydroxyl groups excluding tert-OH is 1. The Morgan fingerprint density at radius 2 is 1.70 bits per heavy atom. The monoisotopic (exact) mass is 566 g/mol. The number of aliphatic hydroxyl groups is 1. The summed E-state index contributed by atoms with van der Waals surface area (Å²) in [6.45, 7) is 11.9. The molecule has 9 nitrogen and oxygen atoms in total. The number of nitrogens with zero attached hydrogens (tertiary/aromatic N) is 5. The highest BCUT2D eigenvalue weighted by molar-refractivity contribution is 6.31. The minimum atomic E-state index is -0.351. The molecule has 1 aromatic heterocycles. The lowest BCUT2D eigenvalue weighted by Crippen LogP contribution is -2.74. The van der Waals surface area contributed by atoms with Crippen LogP contribution in [0.1, 0.15) is 69.3 Å². The third-order valence-electron chi connectivity index (χ3n) is 9.11. The van der Waals surface area contributed by atoms with Crippen molar-refractivity contribution < 1.29 is 14.6 Å². The average Bonchev–Trinajstić information content (AvgIpc) is 2.95. The SMILES string of the molecule is CC1(C)C(NC(=O)c2cnc(N3CCN(C4CCC(O)CC4)CC3)nc2)C(C)(C)C1Oc1ccc(C#N)c(Cl)c1. The summed E-state index contributed by atoms with van der Waals surface area (Å²) in [7, 11) is 0. The lowest BCUT2D eigenvalue weighted by molar-refractivity contribution is -0.164. The van der Waals surface area contributed by atoms with E-state index in [1.807, 2.05) is 0 Å². The maximum absolute atomic E-state index is 13.2. The zero-order valence-corrected chi connectivity index (χ0v) is 24.5. The maximum atomic E-state index is 13.2. The summed E-state index contributed by atoms with van der Waals surface area (Å²) in [6, 6.07) is 7.55. The molecular weight excluding hydrogens is 528 g/mol. The van der Waals surface area contributed by atoms with Gasteiger partial charge in [0.2, 0.25) is 5.95 Å². The Kier molecular flexibility index (Phi) is 7.97. The molecule has 2 aliphatic carbocycles. The molecule has 5 rings (SSSR count). The van der Waals surface area contributed by atoms with Gasteiger partial charge in [0.25, 0.3) is 5.91 Å². The highest BCUT2D eigenvalue weighted by Crippen LogP contribution is 2.55. The van der Waals surface area contributed by atoms with Crippen LogP contribution in [0.4, 0.5) is 5.95 Å². The van der Waals surface area contributed by atoms with Crippen LogP contribution in [0.15, 0.2) is 30.6 Å². The van der Waals surface area contributed by atoms with E-state index in [0.717, 1.165) is 51.9 Å². The number of piperazine rings is 1. The number of halogens is 1. The minimum absolute atomic E-state index is 0.133. The van der Waals surface area contributed by atoms with Gasteiger partial charge in [0, 0.05) is 67.6 Å². The molecule has 2 saturated carbocycles. The van der Waals surface area contributed by atoms with Crippen LogP contribution in [-0.2, 0) is 0 Å². The predicted octanol–water partition coefficient (Wildman–Crippen LogP) is 4.04. The smallest absolute Gasteiger partial charge is 0.254 e. The van der Waals surface area contributed by atoms with Crippen molar-refractivity contribution in [1.29, 1.82) is 5.26 Å². The standard InChI is InChI=1S/C30H39ClN6O3/c1-29(2)26(30(3,4)27(29)40-23-10-5-19(16-32)24(31)15-23)35-25(39)20-17-33-28(34-18-20)37-13-11-36(12-14-37)21-6-8-22(38)9-7-21/h5,10,15,17-18,21-22,26-27,38H,6-9,11-14H2,1-4H3,(H,35,39). The summed E-state index contributed by atoms with van der Waals surface area (Å²) in [5.74, 6) is 1.04. The van der Waals surface area contributed by atoms with Gasteiger partial charge in [0.1, 0.15) is 17.9 Å². The molecule has 10 heteroatoms. The van der Waals surface area contributed by atoms with Crippen LogP contribution in [0.2, 0.25) is 5.02 Å². The molecule has 3 fully saturated rings. The number of benzene rings is 1. The van der Waals surface area contributed by atoms with E-state index in [1.54, 1.807) is 30.6 Å². The fourth-order valence-electron chi connectivity index (χ4n) is 7.12. The molecule has 40 heavy (non-hydrogen) atoms. The van der Waals surface area contributed by atoms with Gasteiger partial charge in [-0.2, -0.15) is 5.26 Å². The second-order valence-corrected chi connectivity index (χ2v) is 13.0. The number of carbonyl (C=O) groups excluding carboxylic acids is 1. The summed E-state index contributed by atoms with van der Waals surface area (Å²) in [6.07, 6.45) is 6.82. The normalized spacial score (nSPS) is 27.8. The molecule has 2 N–H and O–H groups in total. The lowest BCUT2D eigenvalue weighted by atomic mass is 9.49. The van der Waals surface area contributed by atoms with Crippen LogP contribution >= 0.6 is 11.6 Å². The first-order valence-corrected chi connectivity index (χ1v) is 14.5. The van der Waals surface area contributed by atoms with Gasteiger partial charge in [-0.25, -0.2) is 9.97 Å². The number of ether oxygens (including phenoxy) is 1. The fourth-order valence-corrected chi connectivity index (χ4v) is 7.34. The molecule has 0 radical (unpaired) electrons. The van der Waals surface area contributed by atoms with Gasteiger partial charge in [-0.05, 0) is 37.8 Å². The zero-order chi connectivity index (χ0) is 28.7. The van der Waals surface area contributed by atoms with Gasteiger partial charge in [-0.1, -0.05) is 39.3 Å². The van der Waals surface area contributed by atoms with Gasteiger partial charge in [-0.3, -0.25) is 9.69 Å². The second-order valence-electron chi connectivity index (χ2n) is 12.6. The van der Waals surface area contributed by atoms with E-state index in [4.69, 9.17) is 21.6 Å². The quantitative estimate of drug-likeness (QED) is 0.538. The van der Waals surface area contributed by atoms with Crippen molar-refractivity contribution in [3.05, 3.63) is 46.7 Å². The number of nitrogens with one attached hydrogen (secondary N) is 1. The number of anilines is 1.